The summed E-state index contributed by atoms with van der Waals surface area (Å²) in [6.07, 6.45) is 3.63. The molecule has 0 saturated heterocycles. The minimum atomic E-state index is 0.192. The van der Waals surface area contributed by atoms with E-state index in [0.717, 1.165) is 18.9 Å². The van der Waals surface area contributed by atoms with Gasteiger partial charge in [0.1, 0.15) is 5.82 Å². The van der Waals surface area contributed by atoms with Crippen molar-refractivity contribution in [2.75, 3.05) is 27.2 Å². The minimum absolute atomic E-state index is 0.192. The first-order chi connectivity index (χ1) is 7.18. The molecule has 1 heterocycles. The van der Waals surface area contributed by atoms with Crippen molar-refractivity contribution < 1.29 is 0 Å². The second-order valence-electron chi connectivity index (χ2n) is 3.74. The van der Waals surface area contributed by atoms with Crippen molar-refractivity contribution in [2.45, 2.75) is 6.92 Å². The molecule has 1 rings (SSSR count). The van der Waals surface area contributed by atoms with Crippen LogP contribution in [0, 0.1) is 17.9 Å². The van der Waals surface area contributed by atoms with Gasteiger partial charge in [-0.25, -0.2) is 4.99 Å². The molecule has 4 heteroatoms. The van der Waals surface area contributed by atoms with Crippen molar-refractivity contribution in [1.29, 1.82) is 0 Å². The molecule has 0 aromatic rings. The predicted molar refractivity (Wildman–Crippen MR) is 63.2 cm³/mol. The monoisotopic (exact) mass is 206 g/mol. The van der Waals surface area contributed by atoms with Crippen molar-refractivity contribution in [3.63, 3.8) is 0 Å². The molecule has 1 aliphatic rings. The Balaban J connectivity index is 2.41. The number of nitrogens with zero attached hydrogens (tertiary/aromatic N) is 2. The Kier molecular flexibility index (Phi) is 4.72. The maximum Gasteiger partial charge on any atom is 0.142 e. The Bertz CT molecular complexity index is 306. The molecule has 2 N–H and O–H groups in total. The van der Waals surface area contributed by atoms with Crippen LogP contribution in [0.1, 0.15) is 6.92 Å². The molecule has 0 bridgehead atoms. The summed E-state index contributed by atoms with van der Waals surface area (Å²) >= 11 is 0. The summed E-state index contributed by atoms with van der Waals surface area (Å²) in [5, 5.41) is 6.13. The fourth-order valence-electron chi connectivity index (χ4n) is 1.03. The fourth-order valence-corrected chi connectivity index (χ4v) is 1.03. The quantitative estimate of drug-likeness (QED) is 0.646. The van der Waals surface area contributed by atoms with E-state index in [0.29, 0.717) is 0 Å². The summed E-state index contributed by atoms with van der Waals surface area (Å²) in [5.74, 6) is 4.01. The molecular weight excluding hydrogens is 188 g/mol. The van der Waals surface area contributed by atoms with Crippen molar-refractivity contribution in [1.82, 2.24) is 15.5 Å². The Morgan fingerprint density at radius 1 is 1.60 bits per heavy atom. The molecule has 1 atom stereocenters. The number of nitrogens with one attached hydrogen (secondary N) is 2. The molecule has 15 heavy (non-hydrogen) atoms. The van der Waals surface area contributed by atoms with Gasteiger partial charge in [-0.05, 0) is 21.0 Å². The van der Waals surface area contributed by atoms with E-state index in [1.807, 2.05) is 27.2 Å². The molecule has 1 aliphatic heterocycles. The summed E-state index contributed by atoms with van der Waals surface area (Å²) < 4.78 is 0. The highest BCUT2D eigenvalue weighted by Gasteiger charge is 1.97. The third kappa shape index (κ3) is 5.08. The summed E-state index contributed by atoms with van der Waals surface area (Å²) in [4.78, 5) is 6.42. The Morgan fingerprint density at radius 3 is 3.13 bits per heavy atom. The van der Waals surface area contributed by atoms with Crippen LogP contribution in [0.25, 0.3) is 0 Å². The molecule has 0 aromatic carbocycles. The average molecular weight is 206 g/mol. The van der Waals surface area contributed by atoms with Crippen LogP contribution in [0.2, 0.25) is 0 Å². The largest absolute Gasteiger partial charge is 0.368 e. The number of hydrogen-bond donors (Lipinski definition) is 2. The lowest BCUT2D eigenvalue weighted by Crippen LogP contribution is -2.26. The molecule has 0 fully saturated rings. The van der Waals surface area contributed by atoms with E-state index < -0.39 is 0 Å². The normalized spacial score (nSPS) is 22.9. The van der Waals surface area contributed by atoms with E-state index in [1.165, 1.54) is 0 Å². The Morgan fingerprint density at radius 2 is 2.40 bits per heavy atom. The molecule has 0 aromatic heterocycles. The Labute approximate surface area is 91.4 Å². The second-order valence-corrected chi connectivity index (χ2v) is 3.74. The van der Waals surface area contributed by atoms with E-state index >= 15 is 0 Å². The number of likely N-dealkylation sites (N-methyl/N-ethyl adjacent to an activating group) is 1. The molecule has 0 amide bonds. The summed E-state index contributed by atoms with van der Waals surface area (Å²) in [6.45, 7) is 3.87. The van der Waals surface area contributed by atoms with Crippen molar-refractivity contribution in [2.24, 2.45) is 10.9 Å². The van der Waals surface area contributed by atoms with E-state index in [2.05, 4.69) is 32.5 Å². The van der Waals surface area contributed by atoms with E-state index in [-0.39, 0.29) is 5.92 Å². The third-order valence-electron chi connectivity index (χ3n) is 1.88. The molecular formula is C11H18N4. The van der Waals surface area contributed by atoms with Gasteiger partial charge in [0.25, 0.3) is 0 Å². The number of rotatable bonds is 4. The topological polar surface area (TPSA) is 39.7 Å². The summed E-state index contributed by atoms with van der Waals surface area (Å²) in [6, 6.07) is 2.85. The predicted octanol–water partition coefficient (Wildman–Crippen LogP) is 0.207. The highest BCUT2D eigenvalue weighted by Crippen LogP contribution is 1.95. The van der Waals surface area contributed by atoms with Crippen molar-refractivity contribution >= 4 is 6.21 Å². The lowest BCUT2D eigenvalue weighted by molar-refractivity contribution is 0.407. The first-order valence-electron chi connectivity index (χ1n) is 5.07. The maximum absolute atomic E-state index is 4.30. The molecule has 0 radical (unpaired) electrons. The van der Waals surface area contributed by atoms with Gasteiger partial charge in [0.15, 0.2) is 0 Å². The zero-order chi connectivity index (χ0) is 11.1. The van der Waals surface area contributed by atoms with E-state index in [9.17, 15) is 0 Å². The van der Waals surface area contributed by atoms with Crippen LogP contribution in [0.15, 0.2) is 17.0 Å². The maximum atomic E-state index is 4.30. The van der Waals surface area contributed by atoms with E-state index in [4.69, 9.17) is 0 Å². The van der Waals surface area contributed by atoms with Crippen LogP contribution in [0.3, 0.4) is 0 Å². The molecule has 0 spiro atoms. The molecule has 0 saturated carbocycles. The van der Waals surface area contributed by atoms with Gasteiger partial charge in [-0.2, -0.15) is 0 Å². The van der Waals surface area contributed by atoms with Gasteiger partial charge in [0.05, 0.1) is 12.1 Å². The lowest BCUT2D eigenvalue weighted by Gasteiger charge is -2.12. The SMILES string of the molecule is C[C@@H]1C#CN/C=C(/NCCN(C)C)N=C1. The smallest absolute Gasteiger partial charge is 0.142 e. The van der Waals surface area contributed by atoms with Crippen LogP contribution in [-0.4, -0.2) is 38.3 Å². The van der Waals surface area contributed by atoms with Crippen LogP contribution >= 0.6 is 0 Å². The van der Waals surface area contributed by atoms with Gasteiger partial charge in [-0.3, -0.25) is 0 Å². The first-order valence-corrected chi connectivity index (χ1v) is 5.07. The fraction of sp³-hybridized carbons (Fsp3) is 0.545. The molecule has 0 unspecified atom stereocenters. The third-order valence-corrected chi connectivity index (χ3v) is 1.88. The molecule has 82 valence electrons. The number of aliphatic imine (C=N–C) groups is 1. The van der Waals surface area contributed by atoms with E-state index in [1.54, 1.807) is 6.20 Å². The standard InChI is InChI=1S/C11H18N4/c1-10-4-5-12-9-11(14-8-10)13-6-7-15(2)3/h8-10,12-13H,6-7H2,1-3H3/b11-9-,14-8?/t10-/m1/s1. The van der Waals surface area contributed by atoms with Gasteiger partial charge in [0.2, 0.25) is 0 Å². The highest BCUT2D eigenvalue weighted by molar-refractivity contribution is 5.65. The van der Waals surface area contributed by atoms with Gasteiger partial charge < -0.3 is 15.5 Å². The van der Waals surface area contributed by atoms with Gasteiger partial charge in [0, 0.05) is 25.3 Å². The Hall–Kier alpha value is -1.47. The molecule has 0 aliphatic carbocycles. The summed E-state index contributed by atoms with van der Waals surface area (Å²) in [7, 11) is 4.09. The minimum Gasteiger partial charge on any atom is -0.368 e. The van der Waals surface area contributed by atoms with Gasteiger partial charge >= 0.3 is 0 Å². The lowest BCUT2D eigenvalue weighted by atomic mass is 10.2. The zero-order valence-corrected chi connectivity index (χ0v) is 9.54. The van der Waals surface area contributed by atoms with Crippen LogP contribution in [-0.2, 0) is 0 Å². The summed E-state index contributed by atoms with van der Waals surface area (Å²) in [5.41, 5.74) is 0. The highest BCUT2D eigenvalue weighted by atomic mass is 15.1. The van der Waals surface area contributed by atoms with Crippen molar-refractivity contribution in [3.8, 4) is 12.0 Å². The first kappa shape index (κ1) is 11.6. The number of hydrogen-bond acceptors (Lipinski definition) is 4. The van der Waals surface area contributed by atoms with Crippen LogP contribution in [0.5, 0.6) is 0 Å². The van der Waals surface area contributed by atoms with Gasteiger partial charge in [-0.1, -0.05) is 5.92 Å². The zero-order valence-electron chi connectivity index (χ0n) is 9.54. The van der Waals surface area contributed by atoms with Crippen LogP contribution < -0.4 is 10.6 Å². The van der Waals surface area contributed by atoms with Crippen LogP contribution in [0.4, 0.5) is 0 Å². The molecule has 4 nitrogen and oxygen atoms in total. The average Bonchev–Trinajstić information content (AvgIpc) is 2.15. The second kappa shape index (κ2) is 6.10. The van der Waals surface area contributed by atoms with Gasteiger partial charge in [-0.15, -0.1) is 0 Å². The van der Waals surface area contributed by atoms with Crippen molar-refractivity contribution in [3.05, 3.63) is 12.0 Å².